The quantitative estimate of drug-likeness (QED) is 0.808. The number of ether oxygens (including phenoxy) is 1. The van der Waals surface area contributed by atoms with Crippen molar-refractivity contribution in [3.63, 3.8) is 0 Å². The minimum Gasteiger partial charge on any atom is -0.504 e. The molecule has 5 heteroatoms. The molecule has 0 aliphatic heterocycles. The topological polar surface area (TPSA) is 66.4 Å². The van der Waals surface area contributed by atoms with Gasteiger partial charge in [-0.15, -0.1) is 0 Å². The van der Waals surface area contributed by atoms with Gasteiger partial charge in [-0.1, -0.05) is 6.07 Å². The van der Waals surface area contributed by atoms with Crippen LogP contribution >= 0.6 is 0 Å². The largest absolute Gasteiger partial charge is 0.504 e. The molecule has 1 aromatic carbocycles. The van der Waals surface area contributed by atoms with Gasteiger partial charge in [0.1, 0.15) is 17.8 Å². The lowest BCUT2D eigenvalue weighted by atomic mass is 10.1. The van der Waals surface area contributed by atoms with Crippen molar-refractivity contribution in [3.05, 3.63) is 29.1 Å². The SMILES string of the molecule is CC(C)(C)OC(=O)c1c(C[O])ccc(F)c1O. The highest BCUT2D eigenvalue weighted by Crippen LogP contribution is 2.27. The van der Waals surface area contributed by atoms with Crippen LogP contribution in [0.15, 0.2) is 12.1 Å². The lowest BCUT2D eigenvalue weighted by Gasteiger charge is -2.20. The number of carbonyl (C=O) groups is 1. The van der Waals surface area contributed by atoms with Gasteiger partial charge >= 0.3 is 5.97 Å². The Morgan fingerprint density at radius 3 is 2.47 bits per heavy atom. The first-order chi connectivity index (χ1) is 7.76. The van der Waals surface area contributed by atoms with Crippen molar-refractivity contribution < 1.29 is 24.1 Å². The summed E-state index contributed by atoms with van der Waals surface area (Å²) in [6.45, 7) is 4.18. The van der Waals surface area contributed by atoms with Gasteiger partial charge in [0.2, 0.25) is 0 Å². The smallest absolute Gasteiger partial charge is 0.342 e. The Bertz CT molecular complexity index is 435. The van der Waals surface area contributed by atoms with E-state index in [1.165, 1.54) is 6.07 Å². The van der Waals surface area contributed by atoms with Crippen LogP contribution in [-0.2, 0) is 16.5 Å². The summed E-state index contributed by atoms with van der Waals surface area (Å²) in [7, 11) is 0. The first kappa shape index (κ1) is 13.4. The Hall–Kier alpha value is -1.62. The fourth-order valence-corrected chi connectivity index (χ4v) is 1.28. The standard InChI is InChI=1S/C12H14FO4/c1-12(2,3)17-11(16)9-7(6-14)4-5-8(13)10(9)15/h4-5,15H,6H2,1-3H3. The third kappa shape index (κ3) is 3.17. The van der Waals surface area contributed by atoms with E-state index in [1.54, 1.807) is 20.8 Å². The zero-order valence-electron chi connectivity index (χ0n) is 9.91. The first-order valence-corrected chi connectivity index (χ1v) is 5.08. The Morgan fingerprint density at radius 1 is 1.41 bits per heavy atom. The van der Waals surface area contributed by atoms with Crippen molar-refractivity contribution in [2.45, 2.75) is 33.0 Å². The van der Waals surface area contributed by atoms with Crippen LogP contribution in [0.5, 0.6) is 5.75 Å². The molecular formula is C12H14FO4. The summed E-state index contributed by atoms with van der Waals surface area (Å²) in [4.78, 5) is 11.7. The average molecular weight is 241 g/mol. The number of phenolic OH excluding ortho intramolecular Hbond substituents is 1. The second kappa shape index (κ2) is 4.71. The molecule has 0 bridgehead atoms. The summed E-state index contributed by atoms with van der Waals surface area (Å²) in [5.41, 5.74) is -1.16. The minimum absolute atomic E-state index is 0.0122. The van der Waals surface area contributed by atoms with E-state index in [0.29, 0.717) is 0 Å². The normalized spacial score (nSPS) is 11.4. The maximum Gasteiger partial charge on any atom is 0.342 e. The molecule has 4 nitrogen and oxygen atoms in total. The lowest BCUT2D eigenvalue weighted by molar-refractivity contribution is 0.00614. The van der Waals surface area contributed by atoms with E-state index < -0.39 is 35.3 Å². The van der Waals surface area contributed by atoms with Gasteiger partial charge in [0.25, 0.3) is 0 Å². The first-order valence-electron chi connectivity index (χ1n) is 5.08. The van der Waals surface area contributed by atoms with E-state index in [0.717, 1.165) is 6.07 Å². The van der Waals surface area contributed by atoms with Crippen LogP contribution < -0.4 is 0 Å². The van der Waals surface area contributed by atoms with E-state index in [-0.39, 0.29) is 5.56 Å². The summed E-state index contributed by atoms with van der Waals surface area (Å²) in [6.07, 6.45) is 0. The van der Waals surface area contributed by atoms with E-state index in [9.17, 15) is 19.4 Å². The molecule has 0 amide bonds. The van der Waals surface area contributed by atoms with Gasteiger partial charge in [-0.25, -0.2) is 14.3 Å². The number of hydrogen-bond acceptors (Lipinski definition) is 3. The molecule has 1 N–H and O–H groups in total. The Kier molecular flexibility index (Phi) is 3.72. The highest BCUT2D eigenvalue weighted by Gasteiger charge is 2.25. The number of halogens is 1. The van der Waals surface area contributed by atoms with Crippen LogP contribution in [0.3, 0.4) is 0 Å². The second-order valence-corrected chi connectivity index (χ2v) is 4.58. The monoisotopic (exact) mass is 241 g/mol. The Balaban J connectivity index is 3.20. The van der Waals surface area contributed by atoms with Crippen molar-refractivity contribution >= 4 is 5.97 Å². The van der Waals surface area contributed by atoms with Crippen LogP contribution in [0, 0.1) is 5.82 Å². The number of aromatic hydroxyl groups is 1. The fraction of sp³-hybridized carbons (Fsp3) is 0.417. The maximum atomic E-state index is 13.1. The van der Waals surface area contributed by atoms with Gasteiger partial charge in [-0.05, 0) is 32.4 Å². The second-order valence-electron chi connectivity index (χ2n) is 4.58. The van der Waals surface area contributed by atoms with Gasteiger partial charge < -0.3 is 9.84 Å². The van der Waals surface area contributed by atoms with Crippen molar-refractivity contribution in [2.24, 2.45) is 0 Å². The highest BCUT2D eigenvalue weighted by atomic mass is 19.1. The molecule has 1 aromatic rings. The lowest BCUT2D eigenvalue weighted by Crippen LogP contribution is -2.24. The maximum absolute atomic E-state index is 13.1. The van der Waals surface area contributed by atoms with Gasteiger partial charge in [0.05, 0.1) is 0 Å². The molecule has 0 aromatic heterocycles. The van der Waals surface area contributed by atoms with E-state index in [4.69, 9.17) is 4.74 Å². The third-order valence-electron chi connectivity index (χ3n) is 1.97. The van der Waals surface area contributed by atoms with Crippen molar-refractivity contribution in [1.82, 2.24) is 0 Å². The number of hydrogen-bond donors (Lipinski definition) is 1. The molecule has 0 atom stereocenters. The summed E-state index contributed by atoms with van der Waals surface area (Å²) in [6, 6.07) is 2.11. The van der Waals surface area contributed by atoms with Crippen LogP contribution in [0.4, 0.5) is 4.39 Å². The van der Waals surface area contributed by atoms with E-state index in [2.05, 4.69) is 0 Å². The predicted octanol–water partition coefficient (Wildman–Crippen LogP) is 2.42. The molecule has 0 aliphatic carbocycles. The molecule has 0 aliphatic rings. The van der Waals surface area contributed by atoms with Gasteiger partial charge in [0.15, 0.2) is 11.6 Å². The van der Waals surface area contributed by atoms with E-state index in [1.807, 2.05) is 0 Å². The molecule has 1 radical (unpaired) electrons. The van der Waals surface area contributed by atoms with Crippen molar-refractivity contribution in [1.29, 1.82) is 0 Å². The molecule has 0 saturated heterocycles. The molecule has 0 saturated carbocycles. The third-order valence-corrected chi connectivity index (χ3v) is 1.97. The van der Waals surface area contributed by atoms with Gasteiger partial charge in [0, 0.05) is 0 Å². The van der Waals surface area contributed by atoms with Crippen molar-refractivity contribution in [2.75, 3.05) is 0 Å². The molecule has 93 valence electrons. The van der Waals surface area contributed by atoms with Crippen LogP contribution in [0.1, 0.15) is 36.7 Å². The van der Waals surface area contributed by atoms with Crippen molar-refractivity contribution in [3.8, 4) is 5.75 Å². The molecular weight excluding hydrogens is 227 g/mol. The number of rotatable bonds is 2. The van der Waals surface area contributed by atoms with Crippen LogP contribution in [-0.4, -0.2) is 16.7 Å². The summed E-state index contributed by atoms with van der Waals surface area (Å²) in [5.74, 6) is -2.70. The number of benzene rings is 1. The van der Waals surface area contributed by atoms with Crippen LogP contribution in [0.2, 0.25) is 0 Å². The summed E-state index contributed by atoms with van der Waals surface area (Å²) >= 11 is 0. The number of phenols is 1. The summed E-state index contributed by atoms with van der Waals surface area (Å²) in [5, 5.41) is 20.3. The number of esters is 1. The molecule has 0 fully saturated rings. The van der Waals surface area contributed by atoms with E-state index >= 15 is 0 Å². The molecule has 1 rings (SSSR count). The molecule has 0 heterocycles. The zero-order chi connectivity index (χ0) is 13.2. The van der Waals surface area contributed by atoms with Crippen LogP contribution in [0.25, 0.3) is 0 Å². The molecule has 0 spiro atoms. The molecule has 17 heavy (non-hydrogen) atoms. The van der Waals surface area contributed by atoms with Gasteiger partial charge in [-0.3, -0.25) is 0 Å². The zero-order valence-corrected chi connectivity index (χ0v) is 9.91. The fourth-order valence-electron chi connectivity index (χ4n) is 1.28. The van der Waals surface area contributed by atoms with Gasteiger partial charge in [-0.2, -0.15) is 0 Å². The Morgan fingerprint density at radius 2 is 2.00 bits per heavy atom. The number of carbonyl (C=O) groups excluding carboxylic acids is 1. The summed E-state index contributed by atoms with van der Waals surface area (Å²) < 4.78 is 18.1. The Labute approximate surface area is 98.7 Å². The minimum atomic E-state index is -0.956. The molecule has 0 unspecified atom stereocenters. The highest BCUT2D eigenvalue weighted by molar-refractivity contribution is 5.94. The predicted molar refractivity (Wildman–Crippen MR) is 57.6 cm³/mol. The average Bonchev–Trinajstić information content (AvgIpc) is 2.19.